The van der Waals surface area contributed by atoms with E-state index in [1.165, 1.54) is 25.7 Å². The Morgan fingerprint density at radius 3 is 2.53 bits per heavy atom. The van der Waals surface area contributed by atoms with Gasteiger partial charge >= 0.3 is 0 Å². The number of methoxy groups -OCH3 is 1. The molecular weight excluding hydrogens is 264 g/mol. The second-order valence-electron chi connectivity index (χ2n) is 4.86. The number of nitrogen functional groups attached to an aromatic ring is 1. The van der Waals surface area contributed by atoms with Crippen molar-refractivity contribution < 1.29 is 13.2 Å². The average molecular weight is 284 g/mol. The SMILES string of the molecule is COc1ccc(S(=O)(=O)NC2CCCCC2)c(N)c1. The molecule has 0 aromatic heterocycles. The van der Waals surface area contributed by atoms with E-state index in [4.69, 9.17) is 10.5 Å². The van der Waals surface area contributed by atoms with Gasteiger partial charge in [0, 0.05) is 12.1 Å². The van der Waals surface area contributed by atoms with E-state index in [1.807, 2.05) is 0 Å². The van der Waals surface area contributed by atoms with E-state index in [1.54, 1.807) is 6.07 Å². The number of nitrogens with one attached hydrogen (secondary N) is 1. The van der Waals surface area contributed by atoms with E-state index in [9.17, 15) is 8.42 Å². The maximum atomic E-state index is 12.3. The topological polar surface area (TPSA) is 81.4 Å². The van der Waals surface area contributed by atoms with Gasteiger partial charge in [-0.15, -0.1) is 0 Å². The number of anilines is 1. The summed E-state index contributed by atoms with van der Waals surface area (Å²) in [7, 11) is -2.03. The molecule has 0 heterocycles. The lowest BCUT2D eigenvalue weighted by molar-refractivity contribution is 0.411. The number of hydrogen-bond donors (Lipinski definition) is 2. The van der Waals surface area contributed by atoms with Crippen molar-refractivity contribution in [3.8, 4) is 5.75 Å². The molecule has 2 rings (SSSR count). The Bertz CT molecular complexity index is 537. The molecule has 19 heavy (non-hydrogen) atoms. The van der Waals surface area contributed by atoms with E-state index >= 15 is 0 Å². The summed E-state index contributed by atoms with van der Waals surface area (Å²) in [6, 6.07) is 4.64. The van der Waals surface area contributed by atoms with Gasteiger partial charge in [-0.3, -0.25) is 0 Å². The Labute approximate surface area is 114 Å². The normalized spacial score (nSPS) is 17.3. The van der Waals surface area contributed by atoms with Crippen LogP contribution in [-0.2, 0) is 10.0 Å². The number of benzene rings is 1. The fourth-order valence-corrected chi connectivity index (χ4v) is 3.82. The molecule has 5 nitrogen and oxygen atoms in total. The van der Waals surface area contributed by atoms with Gasteiger partial charge in [0.25, 0.3) is 0 Å². The number of sulfonamides is 1. The molecule has 1 aliphatic rings. The number of hydrogen-bond acceptors (Lipinski definition) is 4. The van der Waals surface area contributed by atoms with Gasteiger partial charge in [-0.05, 0) is 25.0 Å². The van der Waals surface area contributed by atoms with Crippen LogP contribution in [-0.4, -0.2) is 21.6 Å². The van der Waals surface area contributed by atoms with Crippen LogP contribution in [0.2, 0.25) is 0 Å². The van der Waals surface area contributed by atoms with Crippen LogP contribution >= 0.6 is 0 Å². The third kappa shape index (κ3) is 3.39. The minimum Gasteiger partial charge on any atom is -0.497 e. The van der Waals surface area contributed by atoms with Gasteiger partial charge in [-0.1, -0.05) is 19.3 Å². The summed E-state index contributed by atoms with van der Waals surface area (Å²) in [4.78, 5) is 0.124. The lowest BCUT2D eigenvalue weighted by atomic mass is 9.96. The summed E-state index contributed by atoms with van der Waals surface area (Å²) in [6.07, 6.45) is 5.13. The van der Waals surface area contributed by atoms with Crippen LogP contribution in [0, 0.1) is 0 Å². The molecule has 106 valence electrons. The average Bonchev–Trinajstić information content (AvgIpc) is 2.38. The minimum atomic E-state index is -3.55. The van der Waals surface area contributed by atoms with Crippen molar-refractivity contribution in [3.63, 3.8) is 0 Å². The third-order valence-corrected chi connectivity index (χ3v) is 5.03. The van der Waals surface area contributed by atoms with Gasteiger partial charge in [-0.2, -0.15) is 0 Å². The first-order valence-electron chi connectivity index (χ1n) is 6.49. The maximum Gasteiger partial charge on any atom is 0.242 e. The molecule has 0 bridgehead atoms. The first kappa shape index (κ1) is 14.1. The second kappa shape index (κ2) is 5.79. The summed E-state index contributed by atoms with van der Waals surface area (Å²) in [6.45, 7) is 0. The minimum absolute atomic E-state index is 0.0280. The van der Waals surface area contributed by atoms with Crippen molar-refractivity contribution in [1.82, 2.24) is 4.72 Å². The predicted molar refractivity (Wildman–Crippen MR) is 74.6 cm³/mol. The van der Waals surface area contributed by atoms with Crippen LogP contribution in [0.3, 0.4) is 0 Å². The number of rotatable bonds is 4. The molecule has 1 fully saturated rings. The molecule has 0 atom stereocenters. The highest BCUT2D eigenvalue weighted by Gasteiger charge is 2.23. The zero-order valence-corrected chi connectivity index (χ0v) is 11.9. The molecular formula is C13H20N2O3S. The van der Waals surface area contributed by atoms with Crippen LogP contribution in [0.5, 0.6) is 5.75 Å². The first-order chi connectivity index (χ1) is 9.03. The van der Waals surface area contributed by atoms with Crippen molar-refractivity contribution in [2.45, 2.75) is 43.0 Å². The van der Waals surface area contributed by atoms with E-state index in [0.717, 1.165) is 25.7 Å². The highest BCUT2D eigenvalue weighted by atomic mass is 32.2. The zero-order chi connectivity index (χ0) is 13.9. The molecule has 0 aliphatic heterocycles. The highest BCUT2D eigenvalue weighted by molar-refractivity contribution is 7.89. The maximum absolute atomic E-state index is 12.3. The predicted octanol–water partition coefficient (Wildman–Crippen LogP) is 1.89. The van der Waals surface area contributed by atoms with Crippen LogP contribution in [0.15, 0.2) is 23.1 Å². The summed E-state index contributed by atoms with van der Waals surface area (Å²) < 4.78 is 32.3. The molecule has 0 saturated heterocycles. The molecule has 1 aromatic carbocycles. The molecule has 1 aromatic rings. The standard InChI is InChI=1S/C13H20N2O3S/c1-18-11-7-8-13(12(14)9-11)19(16,17)15-10-5-3-2-4-6-10/h7-10,15H,2-6,14H2,1H3. The fraction of sp³-hybridized carbons (Fsp3) is 0.538. The van der Waals surface area contributed by atoms with Crippen molar-refractivity contribution in [2.75, 3.05) is 12.8 Å². The largest absolute Gasteiger partial charge is 0.497 e. The van der Waals surface area contributed by atoms with E-state index in [2.05, 4.69) is 4.72 Å². The first-order valence-corrected chi connectivity index (χ1v) is 7.97. The Kier molecular flexibility index (Phi) is 4.31. The lowest BCUT2D eigenvalue weighted by Crippen LogP contribution is -2.36. The highest BCUT2D eigenvalue weighted by Crippen LogP contribution is 2.25. The van der Waals surface area contributed by atoms with Crippen LogP contribution in [0.1, 0.15) is 32.1 Å². The molecule has 1 saturated carbocycles. The van der Waals surface area contributed by atoms with Gasteiger partial charge in [0.1, 0.15) is 10.6 Å². The Morgan fingerprint density at radius 2 is 1.95 bits per heavy atom. The van der Waals surface area contributed by atoms with Gasteiger partial charge < -0.3 is 10.5 Å². The Hall–Kier alpha value is -1.27. The summed E-state index contributed by atoms with van der Waals surface area (Å²) in [5.41, 5.74) is 6.00. The Morgan fingerprint density at radius 1 is 1.26 bits per heavy atom. The van der Waals surface area contributed by atoms with Crippen molar-refractivity contribution in [1.29, 1.82) is 0 Å². The summed E-state index contributed by atoms with van der Waals surface area (Å²) in [5, 5.41) is 0. The third-order valence-electron chi connectivity index (χ3n) is 3.43. The monoisotopic (exact) mass is 284 g/mol. The molecule has 1 aliphatic carbocycles. The number of ether oxygens (including phenoxy) is 1. The van der Waals surface area contributed by atoms with Gasteiger partial charge in [0.2, 0.25) is 10.0 Å². The molecule has 6 heteroatoms. The molecule has 3 N–H and O–H groups in total. The number of nitrogens with two attached hydrogens (primary N) is 1. The van der Waals surface area contributed by atoms with Crippen molar-refractivity contribution in [3.05, 3.63) is 18.2 Å². The molecule has 0 radical (unpaired) electrons. The van der Waals surface area contributed by atoms with Crippen LogP contribution in [0.25, 0.3) is 0 Å². The molecule has 0 amide bonds. The van der Waals surface area contributed by atoms with E-state index in [-0.39, 0.29) is 16.6 Å². The van der Waals surface area contributed by atoms with Crippen LogP contribution < -0.4 is 15.2 Å². The quantitative estimate of drug-likeness (QED) is 0.827. The molecule has 0 spiro atoms. The van der Waals surface area contributed by atoms with Crippen molar-refractivity contribution >= 4 is 15.7 Å². The second-order valence-corrected chi connectivity index (χ2v) is 6.54. The Balaban J connectivity index is 2.18. The fourth-order valence-electron chi connectivity index (χ4n) is 2.40. The van der Waals surface area contributed by atoms with E-state index in [0.29, 0.717) is 5.75 Å². The zero-order valence-electron chi connectivity index (χ0n) is 11.1. The van der Waals surface area contributed by atoms with Gasteiger partial charge in [0.05, 0.1) is 12.8 Å². The van der Waals surface area contributed by atoms with Crippen LogP contribution in [0.4, 0.5) is 5.69 Å². The smallest absolute Gasteiger partial charge is 0.242 e. The van der Waals surface area contributed by atoms with Gasteiger partial charge in [-0.25, -0.2) is 13.1 Å². The summed E-state index contributed by atoms with van der Waals surface area (Å²) in [5.74, 6) is 0.550. The summed E-state index contributed by atoms with van der Waals surface area (Å²) >= 11 is 0. The molecule has 0 unspecified atom stereocenters. The van der Waals surface area contributed by atoms with Crippen molar-refractivity contribution in [2.24, 2.45) is 0 Å². The van der Waals surface area contributed by atoms with E-state index < -0.39 is 10.0 Å². The lowest BCUT2D eigenvalue weighted by Gasteiger charge is -2.23. The van der Waals surface area contributed by atoms with Gasteiger partial charge in [0.15, 0.2) is 0 Å².